The molecular weight excluding hydrogens is 334 g/mol. The number of esters is 1. The molecule has 0 radical (unpaired) electrons. The number of fused-ring (bicyclic) bond motifs is 2. The van der Waals surface area contributed by atoms with Crippen molar-refractivity contribution in [1.29, 1.82) is 0 Å². The van der Waals surface area contributed by atoms with Gasteiger partial charge in [-0.1, -0.05) is 18.2 Å². The van der Waals surface area contributed by atoms with Crippen LogP contribution in [0.2, 0.25) is 0 Å². The van der Waals surface area contributed by atoms with Gasteiger partial charge in [0.2, 0.25) is 0 Å². The highest BCUT2D eigenvalue weighted by molar-refractivity contribution is 5.96. The van der Waals surface area contributed by atoms with Crippen molar-refractivity contribution in [3.8, 4) is 11.5 Å². The van der Waals surface area contributed by atoms with Crippen molar-refractivity contribution in [2.24, 2.45) is 0 Å². The van der Waals surface area contributed by atoms with E-state index in [1.54, 1.807) is 42.6 Å². The number of ether oxygens (including phenoxy) is 2. The third kappa shape index (κ3) is 2.77. The van der Waals surface area contributed by atoms with Gasteiger partial charge < -0.3 is 13.9 Å². The Morgan fingerprint density at radius 2 is 1.88 bits per heavy atom. The van der Waals surface area contributed by atoms with Gasteiger partial charge in [-0.25, -0.2) is 9.59 Å². The summed E-state index contributed by atoms with van der Waals surface area (Å²) < 4.78 is 15.8. The number of nitrogens with zero attached hydrogens (tertiary/aromatic N) is 1. The number of pyridine rings is 1. The first kappa shape index (κ1) is 15.8. The van der Waals surface area contributed by atoms with Gasteiger partial charge in [0, 0.05) is 17.0 Å². The summed E-state index contributed by atoms with van der Waals surface area (Å²) in [6.07, 6.45) is 1.61. The molecule has 0 saturated heterocycles. The first-order chi connectivity index (χ1) is 12.7. The molecule has 0 aliphatic carbocycles. The molecule has 2 aromatic carbocycles. The predicted molar refractivity (Wildman–Crippen MR) is 95.7 cm³/mol. The monoisotopic (exact) mass is 347 g/mol. The summed E-state index contributed by atoms with van der Waals surface area (Å²) in [5, 5.41) is 1.39. The predicted octanol–water partition coefficient (Wildman–Crippen LogP) is 3.57. The zero-order chi connectivity index (χ0) is 18.1. The van der Waals surface area contributed by atoms with Crippen LogP contribution in [0.5, 0.6) is 11.5 Å². The fourth-order valence-corrected chi connectivity index (χ4v) is 2.68. The Bertz CT molecular complexity index is 1190. The van der Waals surface area contributed by atoms with Crippen molar-refractivity contribution >= 4 is 27.8 Å². The molecule has 0 amide bonds. The molecule has 128 valence electrons. The van der Waals surface area contributed by atoms with Gasteiger partial charge >= 0.3 is 11.6 Å². The number of hydrogen-bond donors (Lipinski definition) is 0. The zero-order valence-corrected chi connectivity index (χ0v) is 13.8. The van der Waals surface area contributed by atoms with Gasteiger partial charge in [-0.2, -0.15) is 0 Å². The lowest BCUT2D eigenvalue weighted by atomic mass is 10.1. The van der Waals surface area contributed by atoms with Crippen LogP contribution in [0.1, 0.15) is 10.4 Å². The van der Waals surface area contributed by atoms with E-state index < -0.39 is 11.6 Å². The Hall–Kier alpha value is -3.67. The molecular formula is C20H13NO5. The largest absolute Gasteiger partial charge is 0.497 e. The fourth-order valence-electron chi connectivity index (χ4n) is 2.68. The molecule has 4 rings (SSSR count). The molecule has 0 N–H and O–H groups in total. The van der Waals surface area contributed by atoms with Crippen molar-refractivity contribution < 1.29 is 18.7 Å². The number of hydrogen-bond acceptors (Lipinski definition) is 6. The van der Waals surface area contributed by atoms with Gasteiger partial charge in [-0.15, -0.1) is 0 Å². The number of carbonyl (C=O) groups is 1. The highest BCUT2D eigenvalue weighted by atomic mass is 16.5. The van der Waals surface area contributed by atoms with E-state index in [4.69, 9.17) is 13.9 Å². The van der Waals surface area contributed by atoms with Crippen molar-refractivity contribution in [3.05, 3.63) is 76.8 Å². The summed E-state index contributed by atoms with van der Waals surface area (Å²) in [5.41, 5.74) is -0.0612. The molecule has 0 atom stereocenters. The highest BCUT2D eigenvalue weighted by Gasteiger charge is 2.18. The van der Waals surface area contributed by atoms with Gasteiger partial charge in [0.1, 0.15) is 22.4 Å². The molecule has 6 nitrogen and oxygen atoms in total. The van der Waals surface area contributed by atoms with Crippen LogP contribution in [0, 0.1) is 0 Å². The molecule has 0 fully saturated rings. The third-order valence-corrected chi connectivity index (χ3v) is 3.96. The molecule has 2 heterocycles. The molecule has 0 bridgehead atoms. The maximum Gasteiger partial charge on any atom is 0.351 e. The molecule has 0 saturated carbocycles. The van der Waals surface area contributed by atoms with Crippen LogP contribution in [0.4, 0.5) is 0 Å². The third-order valence-electron chi connectivity index (χ3n) is 3.96. The first-order valence-electron chi connectivity index (χ1n) is 7.83. The quantitative estimate of drug-likeness (QED) is 0.320. The molecule has 26 heavy (non-hydrogen) atoms. The second-order valence-electron chi connectivity index (χ2n) is 5.57. The van der Waals surface area contributed by atoms with Gasteiger partial charge in [-0.05, 0) is 36.4 Å². The average Bonchev–Trinajstić information content (AvgIpc) is 2.67. The van der Waals surface area contributed by atoms with E-state index in [1.165, 1.54) is 13.2 Å². The second-order valence-corrected chi connectivity index (χ2v) is 5.57. The molecule has 4 aromatic rings. The van der Waals surface area contributed by atoms with Crippen LogP contribution >= 0.6 is 0 Å². The SMILES string of the molecule is COc1ccc2oc(=O)c(C(=O)Oc3cccc4cccnc34)cc2c1. The zero-order valence-electron chi connectivity index (χ0n) is 13.8. The Morgan fingerprint density at radius 3 is 2.73 bits per heavy atom. The van der Waals surface area contributed by atoms with Crippen LogP contribution in [0.15, 0.2) is 70.0 Å². The van der Waals surface area contributed by atoms with Crippen LogP contribution in [0.25, 0.3) is 21.9 Å². The lowest BCUT2D eigenvalue weighted by Gasteiger charge is -2.07. The molecule has 0 aliphatic rings. The summed E-state index contributed by atoms with van der Waals surface area (Å²) in [6.45, 7) is 0. The molecule has 6 heteroatoms. The number of methoxy groups -OCH3 is 1. The Balaban J connectivity index is 1.75. The standard InChI is InChI=1S/C20H13NO5/c1-24-14-7-8-16-13(10-14)11-15(19(22)25-16)20(23)26-17-6-2-4-12-5-3-9-21-18(12)17/h2-11H,1H3. The maximum absolute atomic E-state index is 12.5. The molecule has 0 aliphatic heterocycles. The minimum atomic E-state index is -0.804. The van der Waals surface area contributed by atoms with Gasteiger partial charge in [0.25, 0.3) is 0 Å². The summed E-state index contributed by atoms with van der Waals surface area (Å²) in [6, 6.07) is 15.3. The Kier molecular flexibility index (Phi) is 3.85. The van der Waals surface area contributed by atoms with E-state index in [2.05, 4.69) is 4.98 Å². The Morgan fingerprint density at radius 1 is 1.04 bits per heavy atom. The normalized spacial score (nSPS) is 10.8. The van der Waals surface area contributed by atoms with Crippen molar-refractivity contribution in [2.75, 3.05) is 7.11 Å². The van der Waals surface area contributed by atoms with E-state index >= 15 is 0 Å². The summed E-state index contributed by atoms with van der Waals surface area (Å²) >= 11 is 0. The summed E-state index contributed by atoms with van der Waals surface area (Å²) in [4.78, 5) is 28.9. The Labute approximate surface area is 147 Å². The topological polar surface area (TPSA) is 78.6 Å². The number of aromatic nitrogens is 1. The van der Waals surface area contributed by atoms with Crippen LogP contribution in [0.3, 0.4) is 0 Å². The van der Waals surface area contributed by atoms with Crippen molar-refractivity contribution in [2.45, 2.75) is 0 Å². The fraction of sp³-hybridized carbons (Fsp3) is 0.0500. The number of carbonyl (C=O) groups excluding carboxylic acids is 1. The second kappa shape index (κ2) is 6.33. The van der Waals surface area contributed by atoms with Crippen molar-refractivity contribution in [3.63, 3.8) is 0 Å². The van der Waals surface area contributed by atoms with E-state index in [9.17, 15) is 9.59 Å². The van der Waals surface area contributed by atoms with E-state index in [0.29, 0.717) is 22.2 Å². The van der Waals surface area contributed by atoms with Crippen molar-refractivity contribution in [1.82, 2.24) is 4.98 Å². The van der Waals surface area contributed by atoms with Crippen LogP contribution in [-0.4, -0.2) is 18.1 Å². The maximum atomic E-state index is 12.5. The van der Waals surface area contributed by atoms with Crippen LogP contribution in [-0.2, 0) is 0 Å². The minimum Gasteiger partial charge on any atom is -0.497 e. The summed E-state index contributed by atoms with van der Waals surface area (Å²) in [5.74, 6) is 0.0591. The molecule has 0 unspecified atom stereocenters. The van der Waals surface area contributed by atoms with E-state index in [1.807, 2.05) is 12.1 Å². The lowest BCUT2D eigenvalue weighted by molar-refractivity contribution is 0.0732. The van der Waals surface area contributed by atoms with Gasteiger partial charge in [0.15, 0.2) is 5.75 Å². The number of benzene rings is 2. The van der Waals surface area contributed by atoms with E-state index in [0.717, 1.165) is 5.39 Å². The molecule has 2 aromatic heterocycles. The number of para-hydroxylation sites is 1. The number of rotatable bonds is 3. The van der Waals surface area contributed by atoms with Gasteiger partial charge in [-0.3, -0.25) is 4.98 Å². The average molecular weight is 347 g/mol. The molecule has 0 spiro atoms. The van der Waals surface area contributed by atoms with Gasteiger partial charge in [0.05, 0.1) is 7.11 Å². The first-order valence-corrected chi connectivity index (χ1v) is 7.83. The highest BCUT2D eigenvalue weighted by Crippen LogP contribution is 2.24. The summed E-state index contributed by atoms with van der Waals surface area (Å²) in [7, 11) is 1.53. The lowest BCUT2D eigenvalue weighted by Crippen LogP contribution is -2.18. The minimum absolute atomic E-state index is 0.196. The van der Waals surface area contributed by atoms with Crippen LogP contribution < -0.4 is 15.1 Å². The smallest absolute Gasteiger partial charge is 0.351 e. The van der Waals surface area contributed by atoms with E-state index in [-0.39, 0.29) is 11.3 Å².